The van der Waals surface area contributed by atoms with Gasteiger partial charge in [0.05, 0.1) is 14.2 Å². The maximum atomic E-state index is 6.40. The van der Waals surface area contributed by atoms with Crippen LogP contribution in [0.1, 0.15) is 11.1 Å². The molecule has 0 atom stereocenters. The van der Waals surface area contributed by atoms with Gasteiger partial charge in [-0.3, -0.25) is 0 Å². The topological polar surface area (TPSA) is 27.3 Å². The summed E-state index contributed by atoms with van der Waals surface area (Å²) in [4.78, 5) is 0. The molecule has 0 aliphatic carbocycles. The van der Waals surface area contributed by atoms with E-state index in [0.29, 0.717) is 23.4 Å². The lowest BCUT2D eigenvalue weighted by molar-refractivity contribution is -0.685. The Bertz CT molecular complexity index is 779. The smallest absolute Gasteiger partial charge is 0.255 e. The Balaban J connectivity index is 0.00000243. The molecule has 0 bridgehead atoms. The van der Waals surface area contributed by atoms with Gasteiger partial charge in [0, 0.05) is 0 Å². The molecule has 138 valence electrons. The van der Waals surface area contributed by atoms with E-state index >= 15 is 0 Å². The van der Waals surface area contributed by atoms with Crippen LogP contribution >= 0.6 is 23.2 Å². The minimum Gasteiger partial charge on any atom is -1.00 e. The minimum atomic E-state index is 0. The maximum Gasteiger partial charge on any atom is 0.255 e. The summed E-state index contributed by atoms with van der Waals surface area (Å²) >= 11 is 12.8. The Kier molecular flexibility index (Phi) is 7.38. The number of halogens is 3. The molecule has 26 heavy (non-hydrogen) atoms. The van der Waals surface area contributed by atoms with E-state index in [-0.39, 0.29) is 17.0 Å². The summed E-state index contributed by atoms with van der Waals surface area (Å²) in [5, 5.41) is 1.04. The Hall–Kier alpha value is -1.69. The van der Waals surface area contributed by atoms with Gasteiger partial charge >= 0.3 is 0 Å². The highest BCUT2D eigenvalue weighted by Crippen LogP contribution is 2.21. The summed E-state index contributed by atoms with van der Waals surface area (Å²) in [6.45, 7) is 1.27. The molecule has 0 amide bonds. The summed E-state index contributed by atoms with van der Waals surface area (Å²) in [5.74, 6) is 1.66. The molecule has 0 fully saturated rings. The van der Waals surface area contributed by atoms with Crippen LogP contribution in [0.25, 0.3) is 0 Å². The highest BCUT2D eigenvalue weighted by atomic mass is 79.9. The average Bonchev–Trinajstić information content (AvgIpc) is 2.91. The lowest BCUT2D eigenvalue weighted by Crippen LogP contribution is -3.00. The highest BCUT2D eigenvalue weighted by Gasteiger charge is 2.20. The number of aromatic nitrogens is 2. The van der Waals surface area contributed by atoms with Gasteiger partial charge in [-0.15, -0.1) is 0 Å². The van der Waals surface area contributed by atoms with E-state index < -0.39 is 0 Å². The van der Waals surface area contributed by atoms with E-state index in [0.717, 1.165) is 22.6 Å². The predicted molar refractivity (Wildman–Crippen MR) is 98.8 cm³/mol. The molecular weight excluding hydrogens is 439 g/mol. The first-order valence-corrected chi connectivity index (χ1v) is 8.55. The number of hydrogen-bond acceptors (Lipinski definition) is 2. The van der Waals surface area contributed by atoms with E-state index in [4.69, 9.17) is 32.7 Å². The molecular formula is C19H19BrCl2N2O2. The zero-order valence-electron chi connectivity index (χ0n) is 14.5. The van der Waals surface area contributed by atoms with Crippen molar-refractivity contribution in [2.75, 3.05) is 14.2 Å². The molecule has 2 aromatic carbocycles. The van der Waals surface area contributed by atoms with Gasteiger partial charge < -0.3 is 26.5 Å². The third-order valence-corrected chi connectivity index (χ3v) is 4.87. The van der Waals surface area contributed by atoms with Crippen LogP contribution in [-0.2, 0) is 13.1 Å². The normalized spacial score (nSPS) is 10.3. The second-order valence-corrected chi connectivity index (χ2v) is 6.37. The van der Waals surface area contributed by atoms with Gasteiger partial charge in [0.15, 0.2) is 0 Å². The Morgan fingerprint density at radius 3 is 1.85 bits per heavy atom. The molecule has 0 saturated heterocycles. The van der Waals surface area contributed by atoms with Gasteiger partial charge in [0.1, 0.15) is 24.6 Å². The average molecular weight is 458 g/mol. The van der Waals surface area contributed by atoms with Crippen LogP contribution in [0.15, 0.2) is 54.9 Å². The Labute approximate surface area is 173 Å². The molecule has 1 heterocycles. The second-order valence-electron chi connectivity index (χ2n) is 5.65. The highest BCUT2D eigenvalue weighted by molar-refractivity contribution is 6.39. The molecule has 0 aliphatic rings. The summed E-state index contributed by atoms with van der Waals surface area (Å²) in [6.07, 6.45) is 1.93. The van der Waals surface area contributed by atoms with E-state index in [1.54, 1.807) is 14.2 Å². The fourth-order valence-corrected chi connectivity index (χ4v) is 3.01. The van der Waals surface area contributed by atoms with Gasteiger partial charge in [-0.05, 0) is 58.6 Å². The van der Waals surface area contributed by atoms with Gasteiger partial charge in [0.25, 0.3) is 10.3 Å². The minimum absolute atomic E-state index is 0. The zero-order valence-corrected chi connectivity index (χ0v) is 17.6. The molecule has 7 heteroatoms. The van der Waals surface area contributed by atoms with Crippen molar-refractivity contribution in [3.63, 3.8) is 0 Å². The van der Waals surface area contributed by atoms with Gasteiger partial charge in [0.2, 0.25) is 6.33 Å². The summed E-state index contributed by atoms with van der Waals surface area (Å²) in [5.41, 5.74) is 2.23. The second kappa shape index (κ2) is 9.31. The van der Waals surface area contributed by atoms with E-state index in [9.17, 15) is 0 Å². The number of imidazole rings is 1. The molecule has 3 aromatic rings. The van der Waals surface area contributed by atoms with Crippen LogP contribution in [-0.4, -0.2) is 18.8 Å². The van der Waals surface area contributed by atoms with Crippen molar-refractivity contribution in [3.05, 3.63) is 76.3 Å². The standard InChI is InChI=1S/C19H19Cl2N2O2.BrH/c1-24-16-7-3-14(4-8-16)11-22-13-23(19(21)18(22)20)12-15-5-9-17(25-2)10-6-15;/h3-10,13H,11-12H2,1-2H3;1H/q+1;/p-1. The number of hydrogen-bond donors (Lipinski definition) is 0. The van der Waals surface area contributed by atoms with Crippen LogP contribution < -0.4 is 31.0 Å². The first-order valence-electron chi connectivity index (χ1n) is 7.80. The molecule has 1 aromatic heterocycles. The van der Waals surface area contributed by atoms with E-state index in [1.165, 1.54) is 0 Å². The molecule has 0 N–H and O–H groups in total. The van der Waals surface area contributed by atoms with Crippen LogP contribution in [0, 0.1) is 0 Å². The van der Waals surface area contributed by atoms with Gasteiger partial charge in [-0.25, -0.2) is 9.13 Å². The monoisotopic (exact) mass is 456 g/mol. The quantitative estimate of drug-likeness (QED) is 0.520. The lowest BCUT2D eigenvalue weighted by Gasteiger charge is -2.02. The van der Waals surface area contributed by atoms with Crippen molar-refractivity contribution in [1.82, 2.24) is 4.57 Å². The fourth-order valence-electron chi connectivity index (χ4n) is 2.58. The number of nitrogens with zero attached hydrogens (tertiary/aromatic N) is 2. The molecule has 0 aliphatic heterocycles. The van der Waals surface area contributed by atoms with Gasteiger partial charge in [-0.1, -0.05) is 24.3 Å². The van der Waals surface area contributed by atoms with Crippen molar-refractivity contribution >= 4 is 23.2 Å². The van der Waals surface area contributed by atoms with Crippen LogP contribution in [0.5, 0.6) is 11.5 Å². The Morgan fingerprint density at radius 1 is 0.846 bits per heavy atom. The molecule has 3 rings (SSSR count). The maximum absolute atomic E-state index is 6.40. The largest absolute Gasteiger partial charge is 1.00 e. The van der Waals surface area contributed by atoms with Crippen molar-refractivity contribution in [2.24, 2.45) is 0 Å². The third-order valence-electron chi connectivity index (χ3n) is 3.98. The van der Waals surface area contributed by atoms with Crippen molar-refractivity contribution in [3.8, 4) is 11.5 Å². The lowest BCUT2D eigenvalue weighted by atomic mass is 10.2. The molecule has 0 spiro atoms. The first kappa shape index (κ1) is 20.6. The SMILES string of the molecule is COc1ccc(Cn2c[n+](Cc3ccc(OC)cc3)c(Cl)c2Cl)cc1.[Br-]. The van der Waals surface area contributed by atoms with E-state index in [2.05, 4.69) is 0 Å². The number of rotatable bonds is 6. The number of methoxy groups -OCH3 is 2. The third kappa shape index (κ3) is 4.72. The summed E-state index contributed by atoms with van der Waals surface area (Å²) in [6, 6.07) is 15.8. The molecule has 0 unspecified atom stereocenters. The van der Waals surface area contributed by atoms with Crippen LogP contribution in [0.3, 0.4) is 0 Å². The van der Waals surface area contributed by atoms with Gasteiger partial charge in [-0.2, -0.15) is 0 Å². The van der Waals surface area contributed by atoms with Crippen molar-refractivity contribution in [2.45, 2.75) is 13.1 Å². The Morgan fingerprint density at radius 2 is 1.35 bits per heavy atom. The van der Waals surface area contributed by atoms with Crippen molar-refractivity contribution < 1.29 is 31.0 Å². The fraction of sp³-hybridized carbons (Fsp3) is 0.211. The number of benzene rings is 2. The molecule has 4 nitrogen and oxygen atoms in total. The van der Waals surface area contributed by atoms with Crippen LogP contribution in [0.4, 0.5) is 0 Å². The van der Waals surface area contributed by atoms with Crippen LogP contribution in [0.2, 0.25) is 10.3 Å². The van der Waals surface area contributed by atoms with Crippen molar-refractivity contribution in [1.29, 1.82) is 0 Å². The number of ether oxygens (including phenoxy) is 2. The summed E-state index contributed by atoms with van der Waals surface area (Å²) < 4.78 is 14.2. The zero-order chi connectivity index (χ0) is 17.8. The molecule has 0 radical (unpaired) electrons. The van der Waals surface area contributed by atoms with E-state index in [1.807, 2.05) is 64.0 Å². The predicted octanol–water partition coefficient (Wildman–Crippen LogP) is 1.20. The molecule has 0 saturated carbocycles. The summed E-state index contributed by atoms with van der Waals surface area (Å²) in [7, 11) is 3.30. The first-order chi connectivity index (χ1) is 12.1.